The monoisotopic (exact) mass is 274 g/mol. The molecule has 0 aliphatic carbocycles. The number of nitrogens with one attached hydrogen (secondary N) is 1. The smallest absolute Gasteiger partial charge is 0.0707 e. The first kappa shape index (κ1) is 14.4. The third-order valence-corrected chi connectivity index (χ3v) is 5.00. The topological polar surface area (TPSA) is 41.6 Å². The third kappa shape index (κ3) is 4.61. The van der Waals surface area contributed by atoms with Gasteiger partial charge in [0, 0.05) is 48.5 Å². The van der Waals surface area contributed by atoms with Crippen LogP contribution < -0.4 is 5.32 Å². The van der Waals surface area contributed by atoms with Gasteiger partial charge in [0.25, 0.3) is 0 Å². The largest absolute Gasteiger partial charge is 0.372 e. The normalized spacial score (nSPS) is 30.9. The Morgan fingerprint density at radius 2 is 2.00 bits per heavy atom. The van der Waals surface area contributed by atoms with E-state index in [2.05, 4.69) is 17.1 Å². The van der Waals surface area contributed by atoms with Crippen molar-refractivity contribution in [2.45, 2.75) is 38.4 Å². The van der Waals surface area contributed by atoms with Gasteiger partial charge >= 0.3 is 0 Å². The Morgan fingerprint density at radius 1 is 1.28 bits per heavy atom. The van der Waals surface area contributed by atoms with E-state index in [1.807, 2.05) is 0 Å². The van der Waals surface area contributed by atoms with Crippen molar-refractivity contribution in [2.75, 3.05) is 44.2 Å². The van der Waals surface area contributed by atoms with Gasteiger partial charge in [-0.1, -0.05) is 6.92 Å². The van der Waals surface area contributed by atoms with Gasteiger partial charge in [-0.05, 0) is 25.8 Å². The van der Waals surface area contributed by atoms with Crippen LogP contribution in [0.3, 0.4) is 0 Å². The highest BCUT2D eigenvalue weighted by atomic mass is 32.2. The molecule has 0 radical (unpaired) electrons. The van der Waals surface area contributed by atoms with Crippen LogP contribution in [-0.4, -0.2) is 65.5 Å². The summed E-state index contributed by atoms with van der Waals surface area (Å²) in [7, 11) is -0.569. The van der Waals surface area contributed by atoms with Crippen LogP contribution in [0, 0.1) is 0 Å². The molecular weight excluding hydrogens is 248 g/mol. The zero-order valence-electron chi connectivity index (χ0n) is 11.4. The second-order valence-corrected chi connectivity index (χ2v) is 7.01. The molecule has 2 rings (SSSR count). The molecule has 0 saturated carbocycles. The molecule has 18 heavy (non-hydrogen) atoms. The van der Waals surface area contributed by atoms with Gasteiger partial charge in [0.2, 0.25) is 0 Å². The van der Waals surface area contributed by atoms with Gasteiger partial charge < -0.3 is 10.1 Å². The van der Waals surface area contributed by atoms with Gasteiger partial charge in [0.15, 0.2) is 0 Å². The van der Waals surface area contributed by atoms with Crippen LogP contribution in [0.5, 0.6) is 0 Å². The summed E-state index contributed by atoms with van der Waals surface area (Å²) >= 11 is 0. The molecule has 5 heteroatoms. The molecule has 0 aromatic rings. The van der Waals surface area contributed by atoms with Crippen LogP contribution in [0.1, 0.15) is 26.2 Å². The van der Waals surface area contributed by atoms with E-state index in [4.69, 9.17) is 4.74 Å². The van der Waals surface area contributed by atoms with Crippen molar-refractivity contribution < 1.29 is 8.95 Å². The number of ether oxygens (including phenoxy) is 1. The van der Waals surface area contributed by atoms with Gasteiger partial charge in [-0.2, -0.15) is 0 Å². The van der Waals surface area contributed by atoms with Crippen LogP contribution in [0.25, 0.3) is 0 Å². The summed E-state index contributed by atoms with van der Waals surface area (Å²) in [6.07, 6.45) is 4.34. The minimum atomic E-state index is -0.569. The molecule has 2 heterocycles. The van der Waals surface area contributed by atoms with Crippen LogP contribution in [0.4, 0.5) is 0 Å². The Kier molecular flexibility index (Phi) is 6.08. The standard InChI is InChI=1S/C13H26N2O2S/c1-2-5-14-10-12-3-4-13(17-12)11-15-6-8-18(16)9-7-15/h12-14H,2-11H2,1H3. The van der Waals surface area contributed by atoms with E-state index < -0.39 is 10.8 Å². The predicted molar refractivity (Wildman–Crippen MR) is 75.4 cm³/mol. The minimum Gasteiger partial charge on any atom is -0.372 e. The summed E-state index contributed by atoms with van der Waals surface area (Å²) in [4.78, 5) is 2.41. The molecule has 1 N–H and O–H groups in total. The fourth-order valence-corrected chi connectivity index (χ4v) is 3.78. The number of rotatable bonds is 6. The highest BCUT2D eigenvalue weighted by Crippen LogP contribution is 2.20. The third-order valence-electron chi connectivity index (χ3n) is 3.73. The van der Waals surface area contributed by atoms with E-state index in [9.17, 15) is 4.21 Å². The maximum Gasteiger partial charge on any atom is 0.0707 e. The van der Waals surface area contributed by atoms with Crippen LogP contribution >= 0.6 is 0 Å². The first-order valence-electron chi connectivity index (χ1n) is 7.21. The molecule has 2 atom stereocenters. The second-order valence-electron chi connectivity index (χ2n) is 5.31. The predicted octanol–water partition coefficient (Wildman–Crippen LogP) is 0.598. The van der Waals surface area contributed by atoms with Gasteiger partial charge in [0.1, 0.15) is 0 Å². The molecule has 2 fully saturated rings. The molecule has 2 unspecified atom stereocenters. The lowest BCUT2D eigenvalue weighted by molar-refractivity contribution is 0.0251. The molecule has 2 saturated heterocycles. The number of hydrogen-bond acceptors (Lipinski definition) is 4. The summed E-state index contributed by atoms with van der Waals surface area (Å²) < 4.78 is 17.3. The maximum absolute atomic E-state index is 11.3. The first-order valence-corrected chi connectivity index (χ1v) is 8.70. The van der Waals surface area contributed by atoms with E-state index in [1.54, 1.807) is 0 Å². The lowest BCUT2D eigenvalue weighted by Gasteiger charge is -2.28. The maximum atomic E-state index is 11.3. The lowest BCUT2D eigenvalue weighted by atomic mass is 10.2. The van der Waals surface area contributed by atoms with E-state index in [1.165, 1.54) is 19.3 Å². The van der Waals surface area contributed by atoms with Crippen molar-refractivity contribution in [1.82, 2.24) is 10.2 Å². The van der Waals surface area contributed by atoms with Gasteiger partial charge in [-0.3, -0.25) is 9.11 Å². The zero-order chi connectivity index (χ0) is 12.8. The quantitative estimate of drug-likeness (QED) is 0.720. The summed E-state index contributed by atoms with van der Waals surface area (Å²) in [6.45, 7) is 7.25. The zero-order valence-corrected chi connectivity index (χ0v) is 12.2. The van der Waals surface area contributed by atoms with Crippen LogP contribution in [0.2, 0.25) is 0 Å². The van der Waals surface area contributed by atoms with E-state index in [-0.39, 0.29) is 0 Å². The molecule has 0 amide bonds. The molecule has 106 valence electrons. The first-order chi connectivity index (χ1) is 8.78. The van der Waals surface area contributed by atoms with Crippen molar-refractivity contribution in [2.24, 2.45) is 0 Å². The van der Waals surface area contributed by atoms with Gasteiger partial charge in [-0.15, -0.1) is 0 Å². The Balaban J connectivity index is 1.62. The summed E-state index contributed by atoms with van der Waals surface area (Å²) in [6, 6.07) is 0. The SMILES string of the molecule is CCCNCC1CCC(CN2CCS(=O)CC2)O1. The molecule has 0 bridgehead atoms. The second kappa shape index (κ2) is 7.58. The van der Waals surface area contributed by atoms with Crippen LogP contribution in [-0.2, 0) is 15.5 Å². The summed E-state index contributed by atoms with van der Waals surface area (Å²) in [5.41, 5.74) is 0. The van der Waals surface area contributed by atoms with E-state index in [0.717, 1.165) is 44.2 Å². The Labute approximate surface area is 113 Å². The van der Waals surface area contributed by atoms with Crippen molar-refractivity contribution in [3.63, 3.8) is 0 Å². The molecule has 0 aromatic heterocycles. The molecule has 4 nitrogen and oxygen atoms in total. The molecule has 2 aliphatic rings. The van der Waals surface area contributed by atoms with Gasteiger partial charge in [0.05, 0.1) is 12.2 Å². The van der Waals surface area contributed by atoms with Crippen molar-refractivity contribution in [1.29, 1.82) is 0 Å². The molecule has 0 spiro atoms. The molecule has 2 aliphatic heterocycles. The molecule has 0 aromatic carbocycles. The van der Waals surface area contributed by atoms with Crippen molar-refractivity contribution in [3.05, 3.63) is 0 Å². The molecular formula is C13H26N2O2S. The highest BCUT2D eigenvalue weighted by Gasteiger charge is 2.27. The van der Waals surface area contributed by atoms with E-state index >= 15 is 0 Å². The Bertz CT molecular complexity index is 266. The number of nitrogens with zero attached hydrogens (tertiary/aromatic N) is 1. The highest BCUT2D eigenvalue weighted by molar-refractivity contribution is 7.85. The van der Waals surface area contributed by atoms with Crippen LogP contribution in [0.15, 0.2) is 0 Å². The summed E-state index contributed by atoms with van der Waals surface area (Å²) in [5.74, 6) is 1.68. The van der Waals surface area contributed by atoms with Crippen molar-refractivity contribution >= 4 is 10.8 Å². The fourth-order valence-electron chi connectivity index (χ4n) is 2.65. The van der Waals surface area contributed by atoms with Crippen molar-refractivity contribution in [3.8, 4) is 0 Å². The average Bonchev–Trinajstić information content (AvgIpc) is 2.80. The summed E-state index contributed by atoms with van der Waals surface area (Å²) in [5, 5.41) is 3.43. The number of hydrogen-bond donors (Lipinski definition) is 1. The minimum absolute atomic E-state index is 0.393. The Morgan fingerprint density at radius 3 is 2.72 bits per heavy atom. The lowest BCUT2D eigenvalue weighted by Crippen LogP contribution is -2.42. The van der Waals surface area contributed by atoms with Gasteiger partial charge in [-0.25, -0.2) is 0 Å². The average molecular weight is 274 g/mol. The fraction of sp³-hybridized carbons (Fsp3) is 1.00. The van der Waals surface area contributed by atoms with E-state index in [0.29, 0.717) is 12.2 Å². The Hall–Kier alpha value is 0.0300.